The summed E-state index contributed by atoms with van der Waals surface area (Å²) in [5.74, 6) is 1.39. The number of benzene rings is 8. The van der Waals surface area contributed by atoms with Crippen molar-refractivity contribution in [2.75, 3.05) is 0 Å². The number of aliphatic imine (C=N–C) groups is 2. The zero-order valence-corrected chi connectivity index (χ0v) is 28.0. The van der Waals surface area contributed by atoms with Crippen molar-refractivity contribution >= 4 is 77.0 Å². The van der Waals surface area contributed by atoms with Crippen molar-refractivity contribution in [3.63, 3.8) is 0 Å². The van der Waals surface area contributed by atoms with Crippen LogP contribution in [0.4, 0.5) is 0 Å². The molecule has 10 aromatic rings. The second-order valence-electron chi connectivity index (χ2n) is 13.4. The van der Waals surface area contributed by atoms with Crippen LogP contribution in [0.5, 0.6) is 0 Å². The van der Waals surface area contributed by atoms with E-state index in [1.165, 1.54) is 37.8 Å². The Hall–Kier alpha value is -6.98. The van der Waals surface area contributed by atoms with Crippen molar-refractivity contribution in [3.05, 3.63) is 187 Å². The minimum atomic E-state index is -0.337. The normalized spacial score (nSPS) is 14.7. The van der Waals surface area contributed by atoms with Crippen LogP contribution >= 0.6 is 0 Å². The van der Waals surface area contributed by atoms with Crippen LogP contribution in [0, 0.1) is 0 Å². The third-order valence-corrected chi connectivity index (χ3v) is 10.4. The molecule has 1 atom stereocenters. The summed E-state index contributed by atoms with van der Waals surface area (Å²) in [7, 11) is 0. The predicted octanol–water partition coefficient (Wildman–Crippen LogP) is 11.5. The lowest BCUT2D eigenvalue weighted by molar-refractivity contribution is 0.659. The molecule has 0 radical (unpaired) electrons. The first-order valence-electron chi connectivity index (χ1n) is 17.6. The third kappa shape index (κ3) is 4.36. The molecule has 1 unspecified atom stereocenters. The highest BCUT2D eigenvalue weighted by molar-refractivity contribution is 6.26. The summed E-state index contributed by atoms with van der Waals surface area (Å²) in [6.07, 6.45) is -0.337. The molecule has 244 valence electrons. The summed E-state index contributed by atoms with van der Waals surface area (Å²) in [4.78, 5) is 10.4. The van der Waals surface area contributed by atoms with Gasteiger partial charge in [0.2, 0.25) is 0 Å². The van der Waals surface area contributed by atoms with Crippen LogP contribution in [-0.4, -0.2) is 16.2 Å². The van der Waals surface area contributed by atoms with Crippen molar-refractivity contribution < 1.29 is 4.42 Å². The topological polar surface area (TPSA) is 54.8 Å². The van der Waals surface area contributed by atoms with E-state index in [2.05, 4.69) is 143 Å². The highest BCUT2D eigenvalue weighted by atomic mass is 16.3. The molecule has 0 amide bonds. The number of nitrogens with one attached hydrogen (secondary N) is 1. The summed E-state index contributed by atoms with van der Waals surface area (Å²) < 4.78 is 9.16. The van der Waals surface area contributed by atoms with E-state index in [1.807, 2.05) is 36.4 Å². The number of aromatic nitrogens is 1. The lowest BCUT2D eigenvalue weighted by atomic mass is 10.0. The lowest BCUT2D eigenvalue weighted by Gasteiger charge is -2.24. The number of amidine groups is 2. The van der Waals surface area contributed by atoms with Gasteiger partial charge in [-0.05, 0) is 46.0 Å². The summed E-state index contributed by atoms with van der Waals surface area (Å²) in [5, 5.41) is 13.1. The van der Waals surface area contributed by atoms with Crippen LogP contribution in [0.3, 0.4) is 0 Å². The Balaban J connectivity index is 1.25. The lowest BCUT2D eigenvalue weighted by Crippen LogP contribution is -2.33. The summed E-state index contributed by atoms with van der Waals surface area (Å²) >= 11 is 0. The molecule has 5 nitrogen and oxygen atoms in total. The van der Waals surface area contributed by atoms with Crippen LogP contribution in [0.25, 0.3) is 71.0 Å². The zero-order chi connectivity index (χ0) is 34.2. The molecule has 52 heavy (non-hydrogen) atoms. The van der Waals surface area contributed by atoms with Crippen LogP contribution < -0.4 is 5.32 Å². The molecule has 0 aliphatic carbocycles. The first kappa shape index (κ1) is 28.8. The van der Waals surface area contributed by atoms with E-state index in [0.29, 0.717) is 11.7 Å². The Morgan fingerprint density at radius 1 is 0.558 bits per heavy atom. The fourth-order valence-electron chi connectivity index (χ4n) is 8.04. The van der Waals surface area contributed by atoms with Crippen molar-refractivity contribution in [1.29, 1.82) is 0 Å². The number of rotatable bonds is 4. The van der Waals surface area contributed by atoms with E-state index >= 15 is 0 Å². The molecule has 0 saturated carbocycles. The maximum absolute atomic E-state index is 6.72. The zero-order valence-electron chi connectivity index (χ0n) is 28.0. The molecule has 0 spiro atoms. The van der Waals surface area contributed by atoms with Crippen molar-refractivity contribution in [2.45, 2.75) is 6.17 Å². The molecular formula is C47H30N4O. The Morgan fingerprint density at radius 2 is 1.23 bits per heavy atom. The maximum atomic E-state index is 6.72. The largest absolute Gasteiger partial charge is 0.455 e. The van der Waals surface area contributed by atoms with Gasteiger partial charge in [-0.2, -0.15) is 0 Å². The van der Waals surface area contributed by atoms with Gasteiger partial charge < -0.3 is 14.3 Å². The number of hydrogen-bond donors (Lipinski definition) is 1. The molecule has 1 aliphatic rings. The van der Waals surface area contributed by atoms with Gasteiger partial charge in [0.15, 0.2) is 5.84 Å². The Labute approximate surface area is 298 Å². The van der Waals surface area contributed by atoms with E-state index in [-0.39, 0.29) is 6.17 Å². The molecule has 11 rings (SSSR count). The van der Waals surface area contributed by atoms with E-state index in [1.54, 1.807) is 0 Å². The number of furan rings is 1. The van der Waals surface area contributed by atoms with Crippen molar-refractivity contribution in [3.8, 4) is 5.69 Å². The average molecular weight is 667 g/mol. The second kappa shape index (κ2) is 11.3. The molecule has 1 aliphatic heterocycles. The van der Waals surface area contributed by atoms with E-state index in [0.717, 1.165) is 49.8 Å². The van der Waals surface area contributed by atoms with Gasteiger partial charge in [0.1, 0.15) is 23.2 Å². The van der Waals surface area contributed by atoms with Gasteiger partial charge >= 0.3 is 0 Å². The summed E-state index contributed by atoms with van der Waals surface area (Å²) in [5.41, 5.74) is 7.87. The average Bonchev–Trinajstić information content (AvgIpc) is 3.77. The first-order chi connectivity index (χ1) is 25.8. The van der Waals surface area contributed by atoms with Crippen molar-refractivity contribution in [1.82, 2.24) is 9.88 Å². The van der Waals surface area contributed by atoms with Crippen LogP contribution in [0.2, 0.25) is 0 Å². The quantitative estimate of drug-likeness (QED) is 0.203. The van der Waals surface area contributed by atoms with Gasteiger partial charge in [0.25, 0.3) is 0 Å². The highest BCUT2D eigenvalue weighted by Gasteiger charge is 2.26. The minimum absolute atomic E-state index is 0.337. The predicted molar refractivity (Wildman–Crippen MR) is 215 cm³/mol. The van der Waals surface area contributed by atoms with Crippen molar-refractivity contribution in [2.24, 2.45) is 9.98 Å². The van der Waals surface area contributed by atoms with Gasteiger partial charge in [-0.1, -0.05) is 146 Å². The molecule has 5 heteroatoms. The molecule has 3 heterocycles. The van der Waals surface area contributed by atoms with E-state index in [9.17, 15) is 0 Å². The monoisotopic (exact) mass is 666 g/mol. The highest BCUT2D eigenvalue weighted by Crippen LogP contribution is 2.42. The fraction of sp³-hybridized carbons (Fsp3) is 0.0213. The number of nitrogens with zero attached hydrogens (tertiary/aromatic N) is 3. The van der Waals surface area contributed by atoms with E-state index in [4.69, 9.17) is 14.4 Å². The second-order valence-corrected chi connectivity index (χ2v) is 13.4. The molecular weight excluding hydrogens is 637 g/mol. The minimum Gasteiger partial charge on any atom is -0.455 e. The van der Waals surface area contributed by atoms with Gasteiger partial charge in [-0.3, -0.25) is 0 Å². The van der Waals surface area contributed by atoms with Gasteiger partial charge in [-0.15, -0.1) is 0 Å². The number of hydrogen-bond acceptors (Lipinski definition) is 4. The van der Waals surface area contributed by atoms with Crippen LogP contribution in [0.15, 0.2) is 184 Å². The van der Waals surface area contributed by atoms with Crippen LogP contribution in [-0.2, 0) is 0 Å². The summed E-state index contributed by atoms with van der Waals surface area (Å²) in [6, 6.07) is 59.8. The Morgan fingerprint density at radius 3 is 2.06 bits per heavy atom. The van der Waals surface area contributed by atoms with Gasteiger partial charge in [0, 0.05) is 38.2 Å². The number of para-hydroxylation sites is 1. The molecule has 0 fully saturated rings. The van der Waals surface area contributed by atoms with E-state index < -0.39 is 0 Å². The first-order valence-corrected chi connectivity index (χ1v) is 17.6. The molecule has 8 aromatic carbocycles. The number of fused-ring (bicyclic) bond motifs is 10. The van der Waals surface area contributed by atoms with Gasteiger partial charge in [0.05, 0.1) is 16.6 Å². The standard InChI is InChI=1S/C47H30N4O/c1-3-15-31(16-4-1)45-48-46(32-17-5-2-6-18-32)50-47(49-45)39-28-33(27-38-36-21-11-12-22-41(36)52-44(38)39)51-40-26-24-29-13-7-9-19-34(29)42(40)37-25-23-30-14-8-10-20-35(30)43(37)51/h1-28,45H,(H,48,49,50). The molecule has 2 aromatic heterocycles. The molecule has 1 N–H and O–H groups in total. The fourth-order valence-corrected chi connectivity index (χ4v) is 8.04. The summed E-state index contributed by atoms with van der Waals surface area (Å²) in [6.45, 7) is 0. The molecule has 0 bridgehead atoms. The molecule has 0 saturated heterocycles. The SMILES string of the molecule is c1ccc(C2=NC(c3ccccc3)NC(c3cc(-n4c5ccc6ccccc6c5c5ccc6ccccc6c54)cc4c3oc3ccccc34)=N2)cc1. The third-order valence-electron chi connectivity index (χ3n) is 10.4. The van der Waals surface area contributed by atoms with Gasteiger partial charge in [-0.25, -0.2) is 9.98 Å². The maximum Gasteiger partial charge on any atom is 0.159 e. The Bertz CT molecular complexity index is 3100. The van der Waals surface area contributed by atoms with Crippen LogP contribution in [0.1, 0.15) is 22.9 Å². The smallest absolute Gasteiger partial charge is 0.159 e. The Kier molecular flexibility index (Phi) is 6.25.